The van der Waals surface area contributed by atoms with Gasteiger partial charge in [-0.25, -0.2) is 0 Å². The van der Waals surface area contributed by atoms with Gasteiger partial charge in [-0.1, -0.05) is 30.2 Å². The highest BCUT2D eigenvalue weighted by molar-refractivity contribution is 5.66. The number of rotatable bonds is 7. The van der Waals surface area contributed by atoms with Gasteiger partial charge in [-0.15, -0.1) is 0 Å². The first-order valence-electron chi connectivity index (χ1n) is 6.46. The molecule has 7 nitrogen and oxygen atoms in total. The molecule has 7 heteroatoms. The lowest BCUT2D eigenvalue weighted by Gasteiger charge is -2.11. The van der Waals surface area contributed by atoms with Gasteiger partial charge in [0.05, 0.1) is 5.69 Å². The van der Waals surface area contributed by atoms with Crippen LogP contribution in [0.1, 0.15) is 19.8 Å². The number of aliphatic carboxylic acids is 1. The number of aromatic nitrogens is 4. The minimum absolute atomic E-state index is 0.173. The molecule has 0 bridgehead atoms. The molecule has 1 aromatic carbocycles. The number of tetrazole rings is 1. The number of benzene rings is 1. The number of carbonyl (C=O) groups is 1. The summed E-state index contributed by atoms with van der Waals surface area (Å²) in [5.41, 5.74) is 0.873. The highest BCUT2D eigenvalue weighted by Gasteiger charge is 2.10. The molecule has 0 saturated carbocycles. The third-order valence-corrected chi connectivity index (χ3v) is 2.93. The quantitative estimate of drug-likeness (QED) is 0.796. The summed E-state index contributed by atoms with van der Waals surface area (Å²) in [4.78, 5) is 10.5. The second-order valence-corrected chi connectivity index (χ2v) is 4.67. The van der Waals surface area contributed by atoms with E-state index in [0.717, 1.165) is 5.69 Å². The number of anilines is 1. The van der Waals surface area contributed by atoms with Crippen molar-refractivity contribution in [2.45, 2.75) is 19.8 Å². The molecule has 1 atom stereocenters. The molecule has 0 aliphatic rings. The number of carboxylic acids is 1. The Kier molecular flexibility index (Phi) is 4.65. The summed E-state index contributed by atoms with van der Waals surface area (Å²) in [5, 5.41) is 23.3. The van der Waals surface area contributed by atoms with Crippen molar-refractivity contribution in [1.82, 2.24) is 20.2 Å². The number of nitrogens with one attached hydrogen (secondary N) is 1. The van der Waals surface area contributed by atoms with E-state index in [-0.39, 0.29) is 12.3 Å². The normalized spacial score (nSPS) is 12.1. The Hall–Kier alpha value is -2.44. The molecule has 0 amide bonds. The molecule has 2 rings (SSSR count). The summed E-state index contributed by atoms with van der Waals surface area (Å²) in [6.07, 6.45) is 0.793. The minimum atomic E-state index is -0.772. The summed E-state index contributed by atoms with van der Waals surface area (Å²) < 4.78 is 1.61. The SMILES string of the molecule is CC(CCC(=O)O)CNc1nnnn1-c1ccccc1. The topological polar surface area (TPSA) is 92.9 Å². The van der Waals surface area contributed by atoms with E-state index in [9.17, 15) is 4.79 Å². The molecular formula is C13H17N5O2. The first kappa shape index (κ1) is 14.0. The van der Waals surface area contributed by atoms with Gasteiger partial charge < -0.3 is 10.4 Å². The van der Waals surface area contributed by atoms with Crippen LogP contribution >= 0.6 is 0 Å². The van der Waals surface area contributed by atoms with Crippen molar-refractivity contribution in [2.75, 3.05) is 11.9 Å². The molecule has 20 heavy (non-hydrogen) atoms. The van der Waals surface area contributed by atoms with E-state index >= 15 is 0 Å². The number of carboxylic acid groups (broad SMARTS) is 1. The fraction of sp³-hybridized carbons (Fsp3) is 0.385. The molecular weight excluding hydrogens is 258 g/mol. The number of nitrogens with zero attached hydrogens (tertiary/aromatic N) is 4. The molecule has 2 aromatic rings. The van der Waals surface area contributed by atoms with Crippen molar-refractivity contribution in [2.24, 2.45) is 5.92 Å². The zero-order valence-corrected chi connectivity index (χ0v) is 11.2. The van der Waals surface area contributed by atoms with Crippen LogP contribution in [0.3, 0.4) is 0 Å². The second-order valence-electron chi connectivity index (χ2n) is 4.67. The highest BCUT2D eigenvalue weighted by atomic mass is 16.4. The first-order valence-corrected chi connectivity index (χ1v) is 6.46. The highest BCUT2D eigenvalue weighted by Crippen LogP contribution is 2.12. The van der Waals surface area contributed by atoms with Gasteiger partial charge in [0.2, 0.25) is 5.95 Å². The monoisotopic (exact) mass is 275 g/mol. The van der Waals surface area contributed by atoms with Crippen LogP contribution in [-0.4, -0.2) is 37.8 Å². The van der Waals surface area contributed by atoms with Crippen molar-refractivity contribution in [3.63, 3.8) is 0 Å². The predicted molar refractivity (Wildman–Crippen MR) is 73.7 cm³/mol. The van der Waals surface area contributed by atoms with Crippen molar-refractivity contribution in [1.29, 1.82) is 0 Å². The standard InChI is InChI=1S/C13H17N5O2/c1-10(7-8-12(19)20)9-14-13-15-16-17-18(13)11-5-3-2-4-6-11/h2-6,10H,7-9H2,1H3,(H,19,20)(H,14,15,17). The number of hydrogen-bond acceptors (Lipinski definition) is 5. The Morgan fingerprint density at radius 1 is 1.40 bits per heavy atom. The zero-order chi connectivity index (χ0) is 14.4. The van der Waals surface area contributed by atoms with E-state index < -0.39 is 5.97 Å². The van der Waals surface area contributed by atoms with Crippen LogP contribution in [0.2, 0.25) is 0 Å². The molecule has 0 fully saturated rings. The minimum Gasteiger partial charge on any atom is -0.481 e. The molecule has 2 N–H and O–H groups in total. The van der Waals surface area contributed by atoms with Gasteiger partial charge in [0, 0.05) is 13.0 Å². The zero-order valence-electron chi connectivity index (χ0n) is 11.2. The maximum atomic E-state index is 10.5. The Balaban J connectivity index is 1.94. The van der Waals surface area contributed by atoms with Gasteiger partial charge in [0.25, 0.3) is 0 Å². The average molecular weight is 275 g/mol. The first-order chi connectivity index (χ1) is 9.66. The Bertz CT molecular complexity index is 555. The molecule has 106 valence electrons. The van der Waals surface area contributed by atoms with E-state index in [1.54, 1.807) is 4.68 Å². The molecule has 0 aliphatic carbocycles. The van der Waals surface area contributed by atoms with Gasteiger partial charge in [0.1, 0.15) is 0 Å². The number of para-hydroxylation sites is 1. The third-order valence-electron chi connectivity index (χ3n) is 2.93. The van der Waals surface area contributed by atoms with Crippen molar-refractivity contribution >= 4 is 11.9 Å². The van der Waals surface area contributed by atoms with E-state index in [0.29, 0.717) is 18.9 Å². The van der Waals surface area contributed by atoms with Gasteiger partial charge in [0.15, 0.2) is 0 Å². The Morgan fingerprint density at radius 2 is 2.15 bits per heavy atom. The van der Waals surface area contributed by atoms with Crippen LogP contribution in [0.5, 0.6) is 0 Å². The van der Waals surface area contributed by atoms with Gasteiger partial charge in [-0.2, -0.15) is 4.68 Å². The van der Waals surface area contributed by atoms with Crippen LogP contribution in [0.25, 0.3) is 5.69 Å². The molecule has 0 radical (unpaired) electrons. The summed E-state index contributed by atoms with van der Waals surface area (Å²) >= 11 is 0. The number of hydrogen-bond donors (Lipinski definition) is 2. The fourth-order valence-electron chi connectivity index (χ4n) is 1.78. The van der Waals surface area contributed by atoms with E-state index in [2.05, 4.69) is 20.8 Å². The second kappa shape index (κ2) is 6.65. The van der Waals surface area contributed by atoms with Crippen LogP contribution in [-0.2, 0) is 4.79 Å². The molecule has 1 aromatic heterocycles. The molecule has 0 saturated heterocycles. The molecule has 1 unspecified atom stereocenters. The maximum Gasteiger partial charge on any atom is 0.303 e. The molecule has 0 aliphatic heterocycles. The molecule has 1 heterocycles. The molecule has 0 spiro atoms. The third kappa shape index (κ3) is 3.78. The lowest BCUT2D eigenvalue weighted by Crippen LogP contribution is -2.15. The van der Waals surface area contributed by atoms with Crippen molar-refractivity contribution in [3.8, 4) is 5.69 Å². The van der Waals surface area contributed by atoms with Gasteiger partial charge in [-0.05, 0) is 34.9 Å². The van der Waals surface area contributed by atoms with E-state index in [1.807, 2.05) is 37.3 Å². The Morgan fingerprint density at radius 3 is 2.85 bits per heavy atom. The maximum absolute atomic E-state index is 10.5. The smallest absolute Gasteiger partial charge is 0.303 e. The summed E-state index contributed by atoms with van der Waals surface area (Å²) in [6.45, 7) is 2.62. The summed E-state index contributed by atoms with van der Waals surface area (Å²) in [6, 6.07) is 9.58. The van der Waals surface area contributed by atoms with E-state index in [1.165, 1.54) is 0 Å². The van der Waals surface area contributed by atoms with Crippen LogP contribution in [0.4, 0.5) is 5.95 Å². The largest absolute Gasteiger partial charge is 0.481 e. The lowest BCUT2D eigenvalue weighted by atomic mass is 10.1. The Labute approximate surface area is 116 Å². The van der Waals surface area contributed by atoms with Gasteiger partial charge >= 0.3 is 5.97 Å². The van der Waals surface area contributed by atoms with Crippen LogP contribution < -0.4 is 5.32 Å². The predicted octanol–water partition coefficient (Wildman–Crippen LogP) is 1.58. The van der Waals surface area contributed by atoms with Crippen molar-refractivity contribution in [3.05, 3.63) is 30.3 Å². The van der Waals surface area contributed by atoms with E-state index in [4.69, 9.17) is 5.11 Å². The summed E-state index contributed by atoms with van der Waals surface area (Å²) in [7, 11) is 0. The van der Waals surface area contributed by atoms with Crippen molar-refractivity contribution < 1.29 is 9.90 Å². The van der Waals surface area contributed by atoms with Crippen LogP contribution in [0, 0.1) is 5.92 Å². The average Bonchev–Trinajstić information content (AvgIpc) is 2.92. The fourth-order valence-corrected chi connectivity index (χ4v) is 1.78. The lowest BCUT2D eigenvalue weighted by molar-refractivity contribution is -0.137. The summed E-state index contributed by atoms with van der Waals surface area (Å²) in [5.74, 6) is 0.0105. The van der Waals surface area contributed by atoms with Crippen LogP contribution in [0.15, 0.2) is 30.3 Å². The van der Waals surface area contributed by atoms with Gasteiger partial charge in [-0.3, -0.25) is 4.79 Å².